The van der Waals surface area contributed by atoms with Crippen LogP contribution in [0.15, 0.2) is 23.1 Å². The third kappa shape index (κ3) is 2.52. The summed E-state index contributed by atoms with van der Waals surface area (Å²) >= 11 is 0. The second kappa shape index (κ2) is 3.97. The Labute approximate surface area is 85.5 Å². The van der Waals surface area contributed by atoms with E-state index in [9.17, 15) is 13.2 Å². The zero-order valence-corrected chi connectivity index (χ0v) is 8.23. The van der Waals surface area contributed by atoms with Crippen LogP contribution in [0.1, 0.15) is 15.9 Å². The summed E-state index contributed by atoms with van der Waals surface area (Å²) < 4.78 is 30.5. The molecule has 0 saturated heterocycles. The Kier molecular flexibility index (Phi) is 3.08. The molecule has 0 aliphatic rings. The first-order valence-corrected chi connectivity index (χ1v) is 5.25. The number of aromatic carboxylic acids is 1. The Balaban J connectivity index is 3.46. The Morgan fingerprint density at radius 1 is 1.33 bits per heavy atom. The number of rotatable bonds is 3. The number of hydrogen-bond donors (Lipinski definition) is 3. The molecule has 0 fully saturated rings. The van der Waals surface area contributed by atoms with Crippen LogP contribution in [0.4, 0.5) is 0 Å². The van der Waals surface area contributed by atoms with E-state index in [0.717, 1.165) is 18.2 Å². The molecular weight excluding hydrogens is 224 g/mol. The zero-order valence-electron chi connectivity index (χ0n) is 7.41. The number of aliphatic hydroxyl groups is 1. The van der Waals surface area contributed by atoms with Crippen molar-refractivity contribution >= 4 is 16.1 Å². The Hall–Kier alpha value is -1.44. The molecule has 1 aromatic carbocycles. The van der Waals surface area contributed by atoms with Gasteiger partial charge in [0.05, 0.1) is 12.2 Å². The van der Waals surface area contributed by atoms with Gasteiger partial charge in [-0.25, -0.2) is 4.79 Å². The van der Waals surface area contributed by atoms with E-state index in [0.29, 0.717) is 0 Å². The molecule has 0 heterocycles. The van der Waals surface area contributed by atoms with E-state index >= 15 is 0 Å². The second-order valence-corrected chi connectivity index (χ2v) is 4.15. The highest BCUT2D eigenvalue weighted by Crippen LogP contribution is 2.17. The van der Waals surface area contributed by atoms with Gasteiger partial charge in [0.25, 0.3) is 10.1 Å². The van der Waals surface area contributed by atoms with Gasteiger partial charge in [0.1, 0.15) is 4.90 Å². The maximum absolute atomic E-state index is 10.8. The van der Waals surface area contributed by atoms with E-state index in [4.69, 9.17) is 14.8 Å². The molecule has 0 spiro atoms. The molecule has 0 aliphatic carbocycles. The summed E-state index contributed by atoms with van der Waals surface area (Å²) in [6.45, 7) is -0.602. The van der Waals surface area contributed by atoms with Crippen LogP contribution in [0.5, 0.6) is 0 Å². The first kappa shape index (κ1) is 11.6. The molecule has 7 heteroatoms. The zero-order chi connectivity index (χ0) is 11.6. The quantitative estimate of drug-likeness (QED) is 0.638. The van der Waals surface area contributed by atoms with Crippen molar-refractivity contribution in [1.29, 1.82) is 0 Å². The molecule has 0 radical (unpaired) electrons. The molecule has 3 N–H and O–H groups in total. The summed E-state index contributed by atoms with van der Waals surface area (Å²) in [6, 6.07) is 3.07. The van der Waals surface area contributed by atoms with Crippen molar-refractivity contribution in [2.75, 3.05) is 0 Å². The molecule has 0 saturated carbocycles. The van der Waals surface area contributed by atoms with Crippen molar-refractivity contribution in [3.8, 4) is 0 Å². The van der Waals surface area contributed by atoms with Gasteiger partial charge in [-0.1, -0.05) is 6.07 Å². The van der Waals surface area contributed by atoms with Crippen LogP contribution < -0.4 is 0 Å². The van der Waals surface area contributed by atoms with Gasteiger partial charge in [0, 0.05) is 0 Å². The number of carbonyl (C=O) groups is 1. The van der Waals surface area contributed by atoms with Crippen molar-refractivity contribution in [2.45, 2.75) is 11.5 Å². The summed E-state index contributed by atoms with van der Waals surface area (Å²) in [5.41, 5.74) is -0.331. The van der Waals surface area contributed by atoms with E-state index in [1.807, 2.05) is 0 Å². The predicted molar refractivity (Wildman–Crippen MR) is 49.1 cm³/mol. The summed E-state index contributed by atoms with van der Waals surface area (Å²) in [7, 11) is -4.52. The number of carboxylic acid groups (broad SMARTS) is 1. The Morgan fingerprint density at radius 2 is 1.93 bits per heavy atom. The molecular formula is C8H8O6S. The first-order valence-electron chi connectivity index (χ1n) is 3.81. The lowest BCUT2D eigenvalue weighted by Crippen LogP contribution is -2.06. The largest absolute Gasteiger partial charge is 0.478 e. The molecule has 1 rings (SSSR count). The van der Waals surface area contributed by atoms with Gasteiger partial charge in [0.15, 0.2) is 0 Å². The minimum atomic E-state index is -4.52. The van der Waals surface area contributed by atoms with Gasteiger partial charge in [-0.15, -0.1) is 0 Å². The molecule has 15 heavy (non-hydrogen) atoms. The monoisotopic (exact) mass is 232 g/mol. The molecule has 0 aliphatic heterocycles. The molecule has 6 nitrogen and oxygen atoms in total. The fraction of sp³-hybridized carbons (Fsp3) is 0.125. The van der Waals surface area contributed by atoms with Crippen LogP contribution >= 0.6 is 0 Å². The predicted octanol–water partition coefficient (Wildman–Crippen LogP) is 0.124. The molecule has 1 aromatic rings. The third-order valence-electron chi connectivity index (χ3n) is 1.76. The van der Waals surface area contributed by atoms with Gasteiger partial charge in [-0.05, 0) is 17.7 Å². The fourth-order valence-corrected chi connectivity index (χ4v) is 1.80. The molecule has 82 valence electrons. The van der Waals surface area contributed by atoms with Crippen LogP contribution in [0, 0.1) is 0 Å². The average Bonchev–Trinajstić information content (AvgIpc) is 2.15. The van der Waals surface area contributed by atoms with Crippen molar-refractivity contribution < 1.29 is 28.0 Å². The molecule has 0 bridgehead atoms. The van der Waals surface area contributed by atoms with Gasteiger partial charge in [0.2, 0.25) is 0 Å². The molecule has 0 aromatic heterocycles. The lowest BCUT2D eigenvalue weighted by molar-refractivity contribution is 0.0696. The van der Waals surface area contributed by atoms with Crippen LogP contribution in [0.3, 0.4) is 0 Å². The van der Waals surface area contributed by atoms with Gasteiger partial charge >= 0.3 is 5.97 Å². The standard InChI is InChI=1S/C8H8O6S/c9-4-6-2-1-5(8(10)11)3-7(6)15(12,13)14/h1-3,9H,4H2,(H,10,11)(H,12,13,14). The number of hydrogen-bond acceptors (Lipinski definition) is 4. The van der Waals surface area contributed by atoms with E-state index in [1.165, 1.54) is 0 Å². The highest BCUT2D eigenvalue weighted by Gasteiger charge is 2.17. The maximum Gasteiger partial charge on any atom is 0.335 e. The van der Waals surface area contributed by atoms with Crippen LogP contribution in [0.2, 0.25) is 0 Å². The maximum atomic E-state index is 10.8. The van der Waals surface area contributed by atoms with Crippen molar-refractivity contribution in [3.63, 3.8) is 0 Å². The van der Waals surface area contributed by atoms with Gasteiger partial charge in [-0.2, -0.15) is 8.42 Å². The van der Waals surface area contributed by atoms with Gasteiger partial charge < -0.3 is 10.2 Å². The smallest absolute Gasteiger partial charge is 0.335 e. The highest BCUT2D eigenvalue weighted by atomic mass is 32.2. The van der Waals surface area contributed by atoms with E-state index in [-0.39, 0.29) is 11.1 Å². The first-order chi connectivity index (χ1) is 6.86. The Morgan fingerprint density at radius 3 is 2.33 bits per heavy atom. The third-order valence-corrected chi connectivity index (χ3v) is 2.70. The summed E-state index contributed by atoms with van der Waals surface area (Å²) in [5, 5.41) is 17.4. The average molecular weight is 232 g/mol. The van der Waals surface area contributed by atoms with Crippen molar-refractivity contribution in [2.24, 2.45) is 0 Å². The van der Waals surface area contributed by atoms with E-state index < -0.39 is 27.6 Å². The molecule has 0 amide bonds. The molecule has 0 atom stereocenters. The van der Waals surface area contributed by atoms with Crippen molar-refractivity contribution in [1.82, 2.24) is 0 Å². The summed E-state index contributed by atoms with van der Waals surface area (Å²) in [5.74, 6) is -1.32. The second-order valence-electron chi connectivity index (χ2n) is 2.76. The van der Waals surface area contributed by atoms with Crippen LogP contribution in [0.25, 0.3) is 0 Å². The van der Waals surface area contributed by atoms with Crippen LogP contribution in [-0.4, -0.2) is 29.2 Å². The number of carboxylic acids is 1. The summed E-state index contributed by atoms with van der Waals surface area (Å²) in [4.78, 5) is 9.95. The highest BCUT2D eigenvalue weighted by molar-refractivity contribution is 7.85. The normalized spacial score (nSPS) is 11.3. The van der Waals surface area contributed by atoms with Gasteiger partial charge in [-0.3, -0.25) is 4.55 Å². The topological polar surface area (TPSA) is 112 Å². The SMILES string of the molecule is O=C(O)c1ccc(CO)c(S(=O)(=O)O)c1. The van der Waals surface area contributed by atoms with E-state index in [1.54, 1.807) is 0 Å². The van der Waals surface area contributed by atoms with Crippen LogP contribution in [-0.2, 0) is 16.7 Å². The minimum Gasteiger partial charge on any atom is -0.478 e. The van der Waals surface area contributed by atoms with Crippen molar-refractivity contribution in [3.05, 3.63) is 29.3 Å². The Bertz CT molecular complexity index is 490. The number of aliphatic hydroxyl groups excluding tert-OH is 1. The lowest BCUT2D eigenvalue weighted by Gasteiger charge is -2.04. The minimum absolute atomic E-state index is 0.0532. The van der Waals surface area contributed by atoms with E-state index in [2.05, 4.69) is 0 Å². The molecule has 0 unspecified atom stereocenters. The number of benzene rings is 1. The fourth-order valence-electron chi connectivity index (χ4n) is 1.06. The lowest BCUT2D eigenvalue weighted by atomic mass is 10.1. The summed E-state index contributed by atoms with van der Waals surface area (Å²) in [6.07, 6.45) is 0.